The predicted octanol–water partition coefficient (Wildman–Crippen LogP) is 2.82. The summed E-state index contributed by atoms with van der Waals surface area (Å²) >= 11 is 12.3. The zero-order valence-electron chi connectivity index (χ0n) is 10.9. The van der Waals surface area contributed by atoms with Gasteiger partial charge in [-0.25, -0.2) is 4.98 Å². The van der Waals surface area contributed by atoms with Crippen LogP contribution in [0.5, 0.6) is 5.88 Å². The molecular weight excluding hydrogens is 315 g/mol. The van der Waals surface area contributed by atoms with Crippen LogP contribution in [-0.4, -0.2) is 29.7 Å². The van der Waals surface area contributed by atoms with Crippen LogP contribution in [-0.2, 0) is 0 Å². The minimum Gasteiger partial charge on any atom is -0.455 e. The Morgan fingerprint density at radius 2 is 2.05 bits per heavy atom. The number of hydrogen-bond donors (Lipinski definition) is 1. The van der Waals surface area contributed by atoms with E-state index >= 15 is 0 Å². The Labute approximate surface area is 130 Å². The van der Waals surface area contributed by atoms with Gasteiger partial charge in [0.05, 0.1) is 15.7 Å². The van der Waals surface area contributed by atoms with Crippen LogP contribution in [0.1, 0.15) is 10.4 Å². The molecule has 0 aliphatic carbocycles. The summed E-state index contributed by atoms with van der Waals surface area (Å²) in [4.78, 5) is 22.0. The number of carbonyl (C=O) groups is 1. The molecule has 0 bridgehead atoms. The minimum absolute atomic E-state index is 0.0184. The van der Waals surface area contributed by atoms with Crippen LogP contribution in [0.2, 0.25) is 10.0 Å². The molecule has 2 heterocycles. The molecule has 1 amide bonds. The van der Waals surface area contributed by atoms with Gasteiger partial charge >= 0.3 is 0 Å². The van der Waals surface area contributed by atoms with Gasteiger partial charge in [0.1, 0.15) is 5.56 Å². The molecule has 6 nitrogen and oxygen atoms in total. The summed E-state index contributed by atoms with van der Waals surface area (Å²) in [7, 11) is 1.68. The lowest BCUT2D eigenvalue weighted by atomic mass is 10.2. The molecule has 2 aromatic rings. The van der Waals surface area contributed by atoms with Crippen molar-refractivity contribution in [3.8, 4) is 5.88 Å². The zero-order valence-corrected chi connectivity index (χ0v) is 12.4. The maximum absolute atomic E-state index is 12.5. The lowest BCUT2D eigenvalue weighted by Crippen LogP contribution is -2.39. The van der Waals surface area contributed by atoms with Gasteiger partial charge in [0.25, 0.3) is 5.91 Å². The van der Waals surface area contributed by atoms with Gasteiger partial charge < -0.3 is 10.1 Å². The number of hydrogen-bond acceptors (Lipinski definition) is 5. The summed E-state index contributed by atoms with van der Waals surface area (Å²) in [6.07, 6.45) is 1.41. The summed E-state index contributed by atoms with van der Waals surface area (Å²) in [5, 5.41) is 3.53. The molecule has 3 rings (SSSR count). The second-order valence-corrected chi connectivity index (χ2v) is 5.05. The molecule has 0 radical (unpaired) electrons. The topological polar surface area (TPSA) is 67.4 Å². The first-order chi connectivity index (χ1) is 10.1. The van der Waals surface area contributed by atoms with Crippen molar-refractivity contribution in [3.63, 3.8) is 0 Å². The molecule has 0 unspecified atom stereocenters. The SMILES string of the molecule is CNc1ncc2c(n1)OCN(c1c(Cl)cccc1Cl)C2=O. The van der Waals surface area contributed by atoms with Crippen molar-refractivity contribution in [1.29, 1.82) is 0 Å². The molecule has 0 saturated carbocycles. The van der Waals surface area contributed by atoms with Gasteiger partial charge in [-0.2, -0.15) is 4.98 Å². The number of rotatable bonds is 2. The average Bonchev–Trinajstić information content (AvgIpc) is 2.49. The highest BCUT2D eigenvalue weighted by Crippen LogP contribution is 2.36. The fraction of sp³-hybridized carbons (Fsp3) is 0.154. The van der Waals surface area contributed by atoms with Gasteiger partial charge in [-0.15, -0.1) is 0 Å². The first-order valence-electron chi connectivity index (χ1n) is 6.05. The lowest BCUT2D eigenvalue weighted by molar-refractivity contribution is 0.0932. The van der Waals surface area contributed by atoms with E-state index in [9.17, 15) is 4.79 Å². The summed E-state index contributed by atoms with van der Waals surface area (Å²) in [5.41, 5.74) is 0.672. The third-order valence-electron chi connectivity index (χ3n) is 2.99. The Balaban J connectivity index is 2.03. The normalized spacial score (nSPS) is 13.7. The third kappa shape index (κ3) is 2.36. The number of aromatic nitrogens is 2. The zero-order chi connectivity index (χ0) is 15.0. The third-order valence-corrected chi connectivity index (χ3v) is 3.60. The number of carbonyl (C=O) groups excluding carboxylic acids is 1. The van der Waals surface area contributed by atoms with E-state index in [4.69, 9.17) is 27.9 Å². The Bertz CT molecular complexity index is 703. The van der Waals surface area contributed by atoms with E-state index in [1.165, 1.54) is 11.1 Å². The van der Waals surface area contributed by atoms with Gasteiger partial charge in [-0.05, 0) is 12.1 Å². The van der Waals surface area contributed by atoms with Crippen LogP contribution in [0.3, 0.4) is 0 Å². The van der Waals surface area contributed by atoms with Crippen molar-refractivity contribution in [2.24, 2.45) is 0 Å². The summed E-state index contributed by atoms with van der Waals surface area (Å²) in [6.45, 7) is -0.0184. The molecule has 1 aliphatic heterocycles. The standard InChI is InChI=1S/C13H10Cl2N4O2/c1-16-13-17-5-7-11(18-13)21-6-19(12(7)20)10-8(14)3-2-4-9(10)15/h2-5H,6H2,1H3,(H,16,17,18). The van der Waals surface area contributed by atoms with Crippen LogP contribution >= 0.6 is 23.2 Å². The van der Waals surface area contributed by atoms with Gasteiger partial charge in [0.2, 0.25) is 11.8 Å². The van der Waals surface area contributed by atoms with Crippen LogP contribution in [0.15, 0.2) is 24.4 Å². The minimum atomic E-state index is -0.311. The highest BCUT2D eigenvalue weighted by atomic mass is 35.5. The first kappa shape index (κ1) is 13.9. The van der Waals surface area contributed by atoms with E-state index in [0.29, 0.717) is 21.7 Å². The van der Waals surface area contributed by atoms with E-state index in [0.717, 1.165) is 0 Å². The Morgan fingerprint density at radius 1 is 1.33 bits per heavy atom. The molecule has 21 heavy (non-hydrogen) atoms. The molecule has 108 valence electrons. The Morgan fingerprint density at radius 3 is 2.71 bits per heavy atom. The molecule has 0 fully saturated rings. The average molecular weight is 325 g/mol. The number of amides is 1. The van der Waals surface area contributed by atoms with Crippen molar-refractivity contribution in [2.75, 3.05) is 24.0 Å². The van der Waals surface area contributed by atoms with Crippen molar-refractivity contribution >= 4 is 40.7 Å². The summed E-state index contributed by atoms with van der Waals surface area (Å²) in [5.74, 6) is 0.304. The Hall–Kier alpha value is -2.05. The largest absolute Gasteiger partial charge is 0.455 e. The molecule has 0 atom stereocenters. The predicted molar refractivity (Wildman–Crippen MR) is 80.3 cm³/mol. The Kier molecular flexibility index (Phi) is 3.57. The van der Waals surface area contributed by atoms with Crippen LogP contribution in [0, 0.1) is 0 Å². The number of ether oxygens (including phenoxy) is 1. The maximum Gasteiger partial charge on any atom is 0.268 e. The molecule has 8 heteroatoms. The van der Waals surface area contributed by atoms with E-state index in [1.54, 1.807) is 25.2 Å². The molecule has 1 aromatic carbocycles. The second-order valence-electron chi connectivity index (χ2n) is 4.24. The van der Waals surface area contributed by atoms with E-state index in [1.807, 2.05) is 0 Å². The number of anilines is 2. The lowest BCUT2D eigenvalue weighted by Gasteiger charge is -2.29. The molecule has 1 N–H and O–H groups in total. The van der Waals surface area contributed by atoms with Crippen molar-refractivity contribution in [3.05, 3.63) is 40.0 Å². The van der Waals surface area contributed by atoms with Crippen molar-refractivity contribution < 1.29 is 9.53 Å². The van der Waals surface area contributed by atoms with Gasteiger partial charge in [0.15, 0.2) is 6.73 Å². The van der Waals surface area contributed by atoms with E-state index in [-0.39, 0.29) is 24.1 Å². The fourth-order valence-corrected chi connectivity index (χ4v) is 2.59. The maximum atomic E-state index is 12.5. The number of para-hydroxylation sites is 1. The van der Waals surface area contributed by atoms with Crippen LogP contribution in [0.25, 0.3) is 0 Å². The van der Waals surface area contributed by atoms with E-state index in [2.05, 4.69) is 15.3 Å². The summed E-state index contributed by atoms with van der Waals surface area (Å²) < 4.78 is 5.51. The molecule has 0 spiro atoms. The van der Waals surface area contributed by atoms with Crippen LogP contribution in [0.4, 0.5) is 11.6 Å². The highest BCUT2D eigenvalue weighted by Gasteiger charge is 2.31. The van der Waals surface area contributed by atoms with Gasteiger partial charge in [0, 0.05) is 13.2 Å². The van der Waals surface area contributed by atoms with Gasteiger partial charge in [-0.3, -0.25) is 9.69 Å². The fourth-order valence-electron chi connectivity index (χ4n) is 1.99. The second kappa shape index (κ2) is 5.38. The quantitative estimate of drug-likeness (QED) is 0.920. The number of nitrogens with one attached hydrogen (secondary N) is 1. The smallest absolute Gasteiger partial charge is 0.268 e. The number of halogens is 2. The molecule has 1 aromatic heterocycles. The molecular formula is C13H10Cl2N4O2. The van der Waals surface area contributed by atoms with Crippen molar-refractivity contribution in [2.45, 2.75) is 0 Å². The van der Waals surface area contributed by atoms with E-state index < -0.39 is 0 Å². The number of nitrogens with zero attached hydrogens (tertiary/aromatic N) is 3. The van der Waals surface area contributed by atoms with Crippen molar-refractivity contribution in [1.82, 2.24) is 9.97 Å². The molecule has 0 saturated heterocycles. The monoisotopic (exact) mass is 324 g/mol. The van der Waals surface area contributed by atoms with Gasteiger partial charge in [-0.1, -0.05) is 29.3 Å². The first-order valence-corrected chi connectivity index (χ1v) is 6.81. The number of benzene rings is 1. The molecule has 1 aliphatic rings. The van der Waals surface area contributed by atoms with Crippen LogP contribution < -0.4 is 15.0 Å². The highest BCUT2D eigenvalue weighted by molar-refractivity contribution is 6.40. The number of fused-ring (bicyclic) bond motifs is 1. The summed E-state index contributed by atoms with van der Waals surface area (Å²) in [6, 6.07) is 5.03.